The van der Waals surface area contributed by atoms with Gasteiger partial charge in [-0.15, -0.1) is 0 Å². The van der Waals surface area contributed by atoms with Crippen molar-refractivity contribution >= 4 is 21.8 Å². The number of hydrogen-bond acceptors (Lipinski definition) is 3. The second-order valence-corrected chi connectivity index (χ2v) is 5.12. The van der Waals surface area contributed by atoms with Gasteiger partial charge in [-0.2, -0.15) is 0 Å². The highest BCUT2D eigenvalue weighted by Gasteiger charge is 2.15. The van der Waals surface area contributed by atoms with Gasteiger partial charge in [0.25, 0.3) is 5.91 Å². The summed E-state index contributed by atoms with van der Waals surface area (Å²) in [6, 6.07) is 11.2. The van der Waals surface area contributed by atoms with Crippen LogP contribution in [0.4, 0.5) is 0 Å². The van der Waals surface area contributed by atoms with E-state index >= 15 is 0 Å². The van der Waals surface area contributed by atoms with Gasteiger partial charge in [-0.05, 0) is 46.6 Å². The Labute approximate surface area is 126 Å². The molecule has 0 saturated carbocycles. The molecule has 1 N–H and O–H groups in total. The van der Waals surface area contributed by atoms with Crippen molar-refractivity contribution in [3.05, 3.63) is 58.8 Å². The fourth-order valence-corrected chi connectivity index (χ4v) is 2.00. The van der Waals surface area contributed by atoms with Crippen molar-refractivity contribution in [2.24, 2.45) is 0 Å². The highest BCUT2D eigenvalue weighted by molar-refractivity contribution is 9.10. The van der Waals surface area contributed by atoms with Crippen LogP contribution in [0.1, 0.15) is 12.5 Å². The molecule has 2 aromatic rings. The van der Waals surface area contributed by atoms with Crippen LogP contribution in [0.15, 0.2) is 53.3 Å². The smallest absolute Gasteiger partial charge is 0.261 e. The molecule has 0 fully saturated rings. The van der Waals surface area contributed by atoms with E-state index in [1.165, 1.54) is 0 Å². The molecule has 0 aliphatic carbocycles. The third-order valence-electron chi connectivity index (χ3n) is 2.70. The maximum Gasteiger partial charge on any atom is 0.261 e. The average molecular weight is 335 g/mol. The predicted molar refractivity (Wildman–Crippen MR) is 80.3 cm³/mol. The zero-order valence-electron chi connectivity index (χ0n) is 11.0. The van der Waals surface area contributed by atoms with E-state index in [1.807, 2.05) is 36.4 Å². The van der Waals surface area contributed by atoms with Crippen LogP contribution in [0.3, 0.4) is 0 Å². The lowest BCUT2D eigenvalue weighted by Crippen LogP contribution is -2.35. The molecule has 0 radical (unpaired) electrons. The molecule has 104 valence electrons. The summed E-state index contributed by atoms with van der Waals surface area (Å²) in [4.78, 5) is 16.0. The SMILES string of the molecule is C[C@H](Oc1ccccc1Br)C(=O)NCc1cccnc1. The number of benzene rings is 1. The molecule has 1 amide bonds. The summed E-state index contributed by atoms with van der Waals surface area (Å²) < 4.78 is 6.45. The molecular formula is C15H15BrN2O2. The number of halogens is 1. The molecule has 2 rings (SSSR count). The van der Waals surface area contributed by atoms with Crippen molar-refractivity contribution in [2.45, 2.75) is 19.6 Å². The van der Waals surface area contributed by atoms with Crippen molar-refractivity contribution in [3.8, 4) is 5.75 Å². The van der Waals surface area contributed by atoms with Crippen LogP contribution >= 0.6 is 15.9 Å². The minimum atomic E-state index is -0.564. The topological polar surface area (TPSA) is 51.2 Å². The third kappa shape index (κ3) is 4.06. The van der Waals surface area contributed by atoms with Gasteiger partial charge in [-0.1, -0.05) is 18.2 Å². The number of nitrogens with zero attached hydrogens (tertiary/aromatic N) is 1. The Balaban J connectivity index is 1.88. The molecule has 1 heterocycles. The summed E-state index contributed by atoms with van der Waals surface area (Å²) in [5.41, 5.74) is 0.953. The van der Waals surface area contributed by atoms with Crippen LogP contribution in [0, 0.1) is 0 Å². The molecule has 1 aromatic carbocycles. The zero-order chi connectivity index (χ0) is 14.4. The summed E-state index contributed by atoms with van der Waals surface area (Å²) >= 11 is 3.38. The molecule has 0 aliphatic heterocycles. The number of carbonyl (C=O) groups is 1. The molecule has 1 atom stereocenters. The van der Waals surface area contributed by atoms with Gasteiger partial charge in [0.05, 0.1) is 4.47 Å². The van der Waals surface area contributed by atoms with Gasteiger partial charge < -0.3 is 10.1 Å². The molecule has 0 unspecified atom stereocenters. The van der Waals surface area contributed by atoms with Crippen LogP contribution in [-0.2, 0) is 11.3 Å². The van der Waals surface area contributed by atoms with E-state index in [0.717, 1.165) is 10.0 Å². The van der Waals surface area contributed by atoms with Crippen molar-refractivity contribution in [3.63, 3.8) is 0 Å². The van der Waals surface area contributed by atoms with Crippen LogP contribution < -0.4 is 10.1 Å². The number of carbonyl (C=O) groups excluding carboxylic acids is 1. The molecule has 5 heteroatoms. The fraction of sp³-hybridized carbons (Fsp3) is 0.200. The van der Waals surface area contributed by atoms with E-state index in [4.69, 9.17) is 4.74 Å². The van der Waals surface area contributed by atoms with Gasteiger partial charge in [-0.25, -0.2) is 0 Å². The predicted octanol–water partition coefficient (Wildman–Crippen LogP) is 2.93. The number of para-hydroxylation sites is 1. The highest BCUT2D eigenvalue weighted by atomic mass is 79.9. The van der Waals surface area contributed by atoms with Gasteiger partial charge in [0, 0.05) is 18.9 Å². The van der Waals surface area contributed by atoms with Crippen molar-refractivity contribution in [1.29, 1.82) is 0 Å². The summed E-state index contributed by atoms with van der Waals surface area (Å²) in [5.74, 6) is 0.487. The Morgan fingerprint density at radius 1 is 1.35 bits per heavy atom. The Morgan fingerprint density at radius 3 is 2.85 bits per heavy atom. The summed E-state index contributed by atoms with van der Waals surface area (Å²) in [7, 11) is 0. The second kappa shape index (κ2) is 7.05. The maximum absolute atomic E-state index is 12.0. The standard InChI is InChI=1S/C15H15BrN2O2/c1-11(20-14-7-3-2-6-13(14)16)15(19)18-10-12-5-4-8-17-9-12/h2-9,11H,10H2,1H3,(H,18,19)/t11-/m0/s1. The Morgan fingerprint density at radius 2 is 2.15 bits per heavy atom. The minimum Gasteiger partial charge on any atom is -0.480 e. The molecule has 20 heavy (non-hydrogen) atoms. The molecule has 0 saturated heterocycles. The first kappa shape index (κ1) is 14.5. The third-order valence-corrected chi connectivity index (χ3v) is 3.35. The molecule has 0 aliphatic rings. The Kier molecular flexibility index (Phi) is 5.12. The highest BCUT2D eigenvalue weighted by Crippen LogP contribution is 2.24. The van der Waals surface area contributed by atoms with E-state index < -0.39 is 6.10 Å². The quantitative estimate of drug-likeness (QED) is 0.914. The van der Waals surface area contributed by atoms with Gasteiger partial charge in [-0.3, -0.25) is 9.78 Å². The number of nitrogens with one attached hydrogen (secondary N) is 1. The first-order valence-corrected chi connectivity index (χ1v) is 7.04. The second-order valence-electron chi connectivity index (χ2n) is 4.27. The fourth-order valence-electron chi connectivity index (χ4n) is 1.62. The van der Waals surface area contributed by atoms with E-state index in [0.29, 0.717) is 12.3 Å². The van der Waals surface area contributed by atoms with Crippen molar-refractivity contribution in [1.82, 2.24) is 10.3 Å². The van der Waals surface area contributed by atoms with Crippen LogP contribution in [0.2, 0.25) is 0 Å². The molecule has 4 nitrogen and oxygen atoms in total. The van der Waals surface area contributed by atoms with Crippen molar-refractivity contribution < 1.29 is 9.53 Å². The van der Waals surface area contributed by atoms with E-state index in [-0.39, 0.29) is 5.91 Å². The maximum atomic E-state index is 12.0. The van der Waals surface area contributed by atoms with Crippen LogP contribution in [0.5, 0.6) is 5.75 Å². The zero-order valence-corrected chi connectivity index (χ0v) is 12.6. The number of rotatable bonds is 5. The van der Waals surface area contributed by atoms with Gasteiger partial charge in [0.15, 0.2) is 6.10 Å². The van der Waals surface area contributed by atoms with Gasteiger partial charge in [0.2, 0.25) is 0 Å². The van der Waals surface area contributed by atoms with E-state index in [9.17, 15) is 4.79 Å². The lowest BCUT2D eigenvalue weighted by molar-refractivity contribution is -0.127. The van der Waals surface area contributed by atoms with Gasteiger partial charge >= 0.3 is 0 Å². The summed E-state index contributed by atoms with van der Waals surface area (Å²) in [5, 5.41) is 2.82. The van der Waals surface area contributed by atoms with Crippen LogP contribution in [0.25, 0.3) is 0 Å². The Hall–Kier alpha value is -1.88. The average Bonchev–Trinajstić information content (AvgIpc) is 2.48. The number of hydrogen-bond donors (Lipinski definition) is 1. The van der Waals surface area contributed by atoms with Crippen LogP contribution in [-0.4, -0.2) is 17.0 Å². The number of amides is 1. The normalized spacial score (nSPS) is 11.7. The first-order chi connectivity index (χ1) is 9.66. The van der Waals surface area contributed by atoms with E-state index in [2.05, 4.69) is 26.2 Å². The molecule has 0 bridgehead atoms. The number of pyridine rings is 1. The lowest BCUT2D eigenvalue weighted by Gasteiger charge is -2.15. The minimum absolute atomic E-state index is 0.162. The van der Waals surface area contributed by atoms with Gasteiger partial charge in [0.1, 0.15) is 5.75 Å². The monoisotopic (exact) mass is 334 g/mol. The largest absolute Gasteiger partial charge is 0.480 e. The number of ether oxygens (including phenoxy) is 1. The number of aromatic nitrogens is 1. The first-order valence-electron chi connectivity index (χ1n) is 6.24. The summed E-state index contributed by atoms with van der Waals surface area (Å²) in [6.07, 6.45) is 2.86. The Bertz CT molecular complexity index is 575. The molecule has 1 aromatic heterocycles. The van der Waals surface area contributed by atoms with Crippen molar-refractivity contribution in [2.75, 3.05) is 0 Å². The van der Waals surface area contributed by atoms with E-state index in [1.54, 1.807) is 19.3 Å². The molecule has 0 spiro atoms. The lowest BCUT2D eigenvalue weighted by atomic mass is 10.2. The molecular weight excluding hydrogens is 320 g/mol. The summed E-state index contributed by atoms with van der Waals surface area (Å²) in [6.45, 7) is 2.16.